The molecule has 5 fully saturated rings. The fraction of sp³-hybridized carbons (Fsp3) is 0.629. The van der Waals surface area contributed by atoms with Crippen molar-refractivity contribution in [1.82, 2.24) is 0 Å². The van der Waals surface area contributed by atoms with Gasteiger partial charge in [0.05, 0.1) is 23.2 Å². The molecule has 2 saturated heterocycles. The van der Waals surface area contributed by atoms with E-state index in [1.807, 2.05) is 0 Å². The molecule has 2 bridgehead atoms. The zero-order chi connectivity index (χ0) is 35.7. The zero-order valence-corrected chi connectivity index (χ0v) is 28.4. The lowest BCUT2D eigenvalue weighted by Crippen LogP contribution is -2.80. The molecule has 2 aliphatic heterocycles. The molecule has 3 saturated carbocycles. The van der Waals surface area contributed by atoms with Gasteiger partial charge in [-0.3, -0.25) is 19.2 Å². The van der Waals surface area contributed by atoms with Gasteiger partial charge in [0.2, 0.25) is 5.60 Å². The number of carbonyl (C=O) groups is 5. The number of hydrogen-bond acceptors (Lipinski definition) is 13. The summed E-state index contributed by atoms with van der Waals surface area (Å²) in [7, 11) is 0. The highest BCUT2D eigenvalue weighted by Gasteiger charge is 2.88. The van der Waals surface area contributed by atoms with Crippen LogP contribution in [0.25, 0.3) is 0 Å². The van der Waals surface area contributed by atoms with Crippen molar-refractivity contribution in [3.8, 4) is 0 Å². The number of esters is 5. The minimum Gasteiger partial charge on any atom is -0.459 e. The second-order valence-electron chi connectivity index (χ2n) is 14.0. The first-order valence-corrected chi connectivity index (χ1v) is 16.0. The summed E-state index contributed by atoms with van der Waals surface area (Å²) in [6, 6.07) is 7.95. The van der Waals surface area contributed by atoms with Crippen molar-refractivity contribution >= 4 is 29.8 Å². The Labute approximate surface area is 278 Å². The molecule has 6 rings (SSSR count). The molecule has 1 spiro atoms. The summed E-state index contributed by atoms with van der Waals surface area (Å²) in [5, 5.41) is 25.2. The first kappa shape index (κ1) is 35.5. The molecule has 0 amide bonds. The van der Waals surface area contributed by atoms with Gasteiger partial charge < -0.3 is 38.6 Å². The van der Waals surface area contributed by atoms with E-state index in [-0.39, 0.29) is 17.6 Å². The molecule has 13 heteroatoms. The van der Waals surface area contributed by atoms with Gasteiger partial charge in [-0.05, 0) is 43.9 Å². The van der Waals surface area contributed by atoms with E-state index in [1.165, 1.54) is 32.9 Å². The molecular formula is C35H44O13. The van der Waals surface area contributed by atoms with E-state index >= 15 is 0 Å². The summed E-state index contributed by atoms with van der Waals surface area (Å²) in [5.41, 5.74) is -7.54. The van der Waals surface area contributed by atoms with Gasteiger partial charge in [0.25, 0.3) is 0 Å². The molecule has 3 aliphatic carbocycles. The van der Waals surface area contributed by atoms with Crippen LogP contribution in [0.4, 0.5) is 0 Å². The highest BCUT2D eigenvalue weighted by Crippen LogP contribution is 2.70. The molecule has 0 aromatic heterocycles. The number of rotatable bonds is 7. The lowest BCUT2D eigenvalue weighted by molar-refractivity contribution is -0.391. The summed E-state index contributed by atoms with van der Waals surface area (Å²) < 4.78 is 36.8. The normalized spacial score (nSPS) is 42.4. The minimum atomic E-state index is -2.17. The number of benzene rings is 1. The molecule has 1 aromatic carbocycles. The Bertz CT molecular complexity index is 1530. The third kappa shape index (κ3) is 4.87. The summed E-state index contributed by atoms with van der Waals surface area (Å²) >= 11 is 0. The van der Waals surface area contributed by atoms with Crippen LogP contribution in [0.3, 0.4) is 0 Å². The summed E-state index contributed by atoms with van der Waals surface area (Å²) in [6.45, 7) is 15.0. The van der Waals surface area contributed by atoms with Crippen molar-refractivity contribution in [3.63, 3.8) is 0 Å². The van der Waals surface area contributed by atoms with Gasteiger partial charge in [0.15, 0.2) is 18.3 Å². The molecule has 13 nitrogen and oxygen atoms in total. The Morgan fingerprint density at radius 3 is 1.88 bits per heavy atom. The van der Waals surface area contributed by atoms with Crippen LogP contribution in [-0.2, 0) is 47.6 Å². The summed E-state index contributed by atoms with van der Waals surface area (Å²) in [5.74, 6) is -8.32. The van der Waals surface area contributed by atoms with Gasteiger partial charge in [-0.25, -0.2) is 4.79 Å². The Morgan fingerprint density at radius 2 is 1.35 bits per heavy atom. The molecule has 5 aliphatic rings. The average Bonchev–Trinajstić information content (AvgIpc) is 3.20. The lowest BCUT2D eigenvalue weighted by atomic mass is 9.52. The van der Waals surface area contributed by atoms with Gasteiger partial charge in [-0.1, -0.05) is 38.6 Å². The molecule has 262 valence electrons. The van der Waals surface area contributed by atoms with Crippen LogP contribution < -0.4 is 0 Å². The highest BCUT2D eigenvalue weighted by molar-refractivity contribution is 5.90. The Balaban J connectivity index is 1.87. The van der Waals surface area contributed by atoms with Gasteiger partial charge in [-0.2, -0.15) is 0 Å². The van der Waals surface area contributed by atoms with Gasteiger partial charge in [0.1, 0.15) is 17.3 Å². The number of carbonyl (C=O) groups excluding carboxylic acids is 5. The minimum absolute atomic E-state index is 0.0912. The van der Waals surface area contributed by atoms with E-state index in [9.17, 15) is 34.2 Å². The second-order valence-corrected chi connectivity index (χ2v) is 14.0. The maximum absolute atomic E-state index is 13.9. The Morgan fingerprint density at radius 1 is 0.833 bits per heavy atom. The fourth-order valence-corrected chi connectivity index (χ4v) is 9.26. The fourth-order valence-electron chi connectivity index (χ4n) is 9.26. The van der Waals surface area contributed by atoms with Crippen LogP contribution in [0.2, 0.25) is 0 Å². The van der Waals surface area contributed by atoms with Gasteiger partial charge >= 0.3 is 29.8 Å². The van der Waals surface area contributed by atoms with Crippen molar-refractivity contribution < 1.29 is 62.6 Å². The predicted molar refractivity (Wildman–Crippen MR) is 165 cm³/mol. The lowest BCUT2D eigenvalue weighted by Gasteiger charge is -2.62. The monoisotopic (exact) mass is 672 g/mol. The smallest absolute Gasteiger partial charge is 0.339 e. The first-order chi connectivity index (χ1) is 22.3. The Kier molecular flexibility index (Phi) is 8.84. The van der Waals surface area contributed by atoms with Crippen molar-refractivity contribution in [2.45, 2.75) is 115 Å². The van der Waals surface area contributed by atoms with E-state index in [1.54, 1.807) is 32.0 Å². The highest BCUT2D eigenvalue weighted by atomic mass is 16.7. The molecule has 48 heavy (non-hydrogen) atoms. The van der Waals surface area contributed by atoms with E-state index < -0.39 is 106 Å². The van der Waals surface area contributed by atoms with Crippen molar-refractivity contribution in [2.75, 3.05) is 0 Å². The molecule has 2 heterocycles. The van der Waals surface area contributed by atoms with E-state index in [0.717, 1.165) is 20.8 Å². The SMILES string of the molecule is C=C(C)[C@@]1(OC(=O)c2ccccc2)[C@H](OC(C)=O)[C@@H]2[C@H](OC(C)=O)[C@@]3(C)O[C@@]4([C@@H]3OC(C)=O)[C@@H](O)[C@@H](C)C[C@H]4[C@@]2(O)[C@H](C)[C@@H]1OC(C)=O. The zero-order valence-electron chi connectivity index (χ0n) is 28.4. The summed E-state index contributed by atoms with van der Waals surface area (Å²) in [6.07, 6.45) is -7.21. The predicted octanol–water partition coefficient (Wildman–Crippen LogP) is 2.44. The third-order valence-corrected chi connectivity index (χ3v) is 10.9. The van der Waals surface area contributed by atoms with E-state index in [4.69, 9.17) is 28.4 Å². The topological polar surface area (TPSA) is 181 Å². The largest absolute Gasteiger partial charge is 0.459 e. The van der Waals surface area contributed by atoms with Gasteiger partial charge in [-0.15, -0.1) is 0 Å². The second kappa shape index (κ2) is 12.0. The standard InChI is InChI=1S/C35H44O13/c1-16(2)34(47-30(41)23-13-11-10-12-14-23)27(43-19(5)36)18(4)33(42)24-15-17(3)26(40)35(24)31(46-22(8)39)32(9,48-35)28(44-20(6)37)25(33)29(34)45-21(7)38/h10-14,17-18,24-29,31,40,42H,1,15H2,2-9H3/t17-,18+,24-,25-,26-,27-,28-,29+,31+,32+,33-,34-,35+/m0/s1. The number of hydrogen-bond donors (Lipinski definition) is 2. The number of aliphatic hydroxyl groups is 2. The van der Waals surface area contributed by atoms with Crippen LogP contribution >= 0.6 is 0 Å². The van der Waals surface area contributed by atoms with Crippen molar-refractivity contribution in [3.05, 3.63) is 48.0 Å². The van der Waals surface area contributed by atoms with E-state index in [0.29, 0.717) is 0 Å². The van der Waals surface area contributed by atoms with Crippen LogP contribution in [0.1, 0.15) is 72.2 Å². The molecule has 0 unspecified atom stereocenters. The summed E-state index contributed by atoms with van der Waals surface area (Å²) in [4.78, 5) is 65.3. The average molecular weight is 673 g/mol. The molecule has 0 radical (unpaired) electrons. The van der Waals surface area contributed by atoms with Crippen LogP contribution in [-0.4, -0.2) is 93.0 Å². The van der Waals surface area contributed by atoms with Gasteiger partial charge in [0, 0.05) is 39.5 Å². The van der Waals surface area contributed by atoms with E-state index in [2.05, 4.69) is 6.58 Å². The number of aliphatic hydroxyl groups excluding tert-OH is 1. The third-order valence-electron chi connectivity index (χ3n) is 10.9. The van der Waals surface area contributed by atoms with Crippen molar-refractivity contribution in [1.29, 1.82) is 0 Å². The van der Waals surface area contributed by atoms with Crippen LogP contribution in [0.15, 0.2) is 42.5 Å². The Hall–Kier alpha value is -3.81. The van der Waals surface area contributed by atoms with Crippen LogP contribution in [0.5, 0.6) is 0 Å². The molecule has 13 atom stereocenters. The van der Waals surface area contributed by atoms with Crippen molar-refractivity contribution in [2.24, 2.45) is 23.7 Å². The molecule has 2 N–H and O–H groups in total. The molecular weight excluding hydrogens is 628 g/mol. The first-order valence-electron chi connectivity index (χ1n) is 16.0. The quantitative estimate of drug-likeness (QED) is 0.245. The van der Waals surface area contributed by atoms with Crippen LogP contribution in [0, 0.1) is 23.7 Å². The maximum atomic E-state index is 13.9. The maximum Gasteiger partial charge on any atom is 0.339 e. The molecule has 1 aromatic rings. The number of ether oxygens (including phenoxy) is 6.